The molecule has 4 atom stereocenters. The van der Waals surface area contributed by atoms with Crippen LogP contribution in [0.4, 0.5) is 0 Å². The van der Waals surface area contributed by atoms with Gasteiger partial charge in [0.1, 0.15) is 17.9 Å². The van der Waals surface area contributed by atoms with Crippen LogP contribution >= 0.6 is 0 Å². The zero-order valence-corrected chi connectivity index (χ0v) is 19.1. The van der Waals surface area contributed by atoms with Crippen LogP contribution in [0.1, 0.15) is 53.6 Å². The first kappa shape index (κ1) is 21.8. The first-order valence-electron chi connectivity index (χ1n) is 12.2. The Morgan fingerprint density at radius 3 is 2.64 bits per heavy atom. The average molecular weight is 441 g/mol. The predicted octanol–water partition coefficient (Wildman–Crippen LogP) is 5.22. The summed E-state index contributed by atoms with van der Waals surface area (Å²) in [6, 6.07) is 18.3. The van der Waals surface area contributed by atoms with Crippen LogP contribution in [-0.4, -0.2) is 35.9 Å². The van der Waals surface area contributed by atoms with Gasteiger partial charge >= 0.3 is 0 Å². The number of nitrogens with zero attached hydrogens (tertiary/aromatic N) is 1. The molecule has 4 nitrogen and oxygen atoms in total. The van der Waals surface area contributed by atoms with Crippen molar-refractivity contribution in [2.24, 2.45) is 17.8 Å². The quantitative estimate of drug-likeness (QED) is 0.300. The van der Waals surface area contributed by atoms with Gasteiger partial charge in [0, 0.05) is 42.8 Å². The predicted molar refractivity (Wildman–Crippen MR) is 131 cm³/mol. The molecule has 1 saturated heterocycles. The number of nitrogens with one attached hydrogen (secondary N) is 1. The lowest BCUT2D eigenvalue weighted by atomic mass is 9.52. The second kappa shape index (κ2) is 9.09. The van der Waals surface area contributed by atoms with Crippen molar-refractivity contribution in [2.75, 3.05) is 13.1 Å². The highest BCUT2D eigenvalue weighted by Crippen LogP contribution is 2.55. The number of ketones is 1. The molecular formula is C29H32N2O2. The summed E-state index contributed by atoms with van der Waals surface area (Å²) in [7, 11) is 0. The summed E-state index contributed by atoms with van der Waals surface area (Å²) in [5.74, 6) is 1.47. The van der Waals surface area contributed by atoms with Gasteiger partial charge in [0.25, 0.3) is 0 Å². The standard InChI is InChI=1S/C29H32N2O2/c30-28(17-21-9-7-8-10-22(21)20-32)31-18-25-26(19-31)29(16-15-27(25)33,23-11-3-1-4-12-23)24-13-5-2-6-14-24/h1,3-5,7-13,20,24-26,30H,2,6,14-19H2/t24?,25-,26+,29?/m1/s1. The lowest BCUT2D eigenvalue weighted by Gasteiger charge is -2.50. The topological polar surface area (TPSA) is 61.2 Å². The molecule has 0 bridgehead atoms. The first-order valence-corrected chi connectivity index (χ1v) is 12.2. The van der Waals surface area contributed by atoms with Gasteiger partial charge in [-0.25, -0.2) is 0 Å². The fourth-order valence-corrected chi connectivity index (χ4v) is 6.70. The van der Waals surface area contributed by atoms with Crippen molar-refractivity contribution in [3.63, 3.8) is 0 Å². The molecule has 33 heavy (non-hydrogen) atoms. The van der Waals surface area contributed by atoms with E-state index >= 15 is 0 Å². The third-order valence-corrected chi connectivity index (χ3v) is 8.33. The Morgan fingerprint density at radius 2 is 1.88 bits per heavy atom. The van der Waals surface area contributed by atoms with Crippen molar-refractivity contribution >= 4 is 17.9 Å². The number of rotatable bonds is 5. The van der Waals surface area contributed by atoms with E-state index in [1.54, 1.807) is 6.07 Å². The number of hydrogen-bond acceptors (Lipinski definition) is 3. The monoisotopic (exact) mass is 440 g/mol. The molecule has 0 radical (unpaired) electrons. The zero-order valence-electron chi connectivity index (χ0n) is 19.1. The van der Waals surface area contributed by atoms with Crippen LogP contribution in [0.15, 0.2) is 66.7 Å². The zero-order chi connectivity index (χ0) is 22.8. The number of amidine groups is 1. The number of carbonyl (C=O) groups excluding carboxylic acids is 2. The molecular weight excluding hydrogens is 408 g/mol. The Hall–Kier alpha value is -3.01. The van der Waals surface area contributed by atoms with Crippen LogP contribution in [-0.2, 0) is 16.6 Å². The third kappa shape index (κ3) is 3.86. The molecule has 3 aliphatic rings. The maximum Gasteiger partial charge on any atom is 0.150 e. The largest absolute Gasteiger partial charge is 0.359 e. The molecule has 1 aliphatic heterocycles. The summed E-state index contributed by atoms with van der Waals surface area (Å²) in [6.07, 6.45) is 11.0. The van der Waals surface area contributed by atoms with Crippen LogP contribution in [0.25, 0.3) is 0 Å². The Labute approximate surface area is 196 Å². The number of allylic oxidation sites excluding steroid dienone is 2. The van der Waals surface area contributed by atoms with Crippen molar-refractivity contribution < 1.29 is 9.59 Å². The number of likely N-dealkylation sites (tertiary alicyclic amines) is 1. The van der Waals surface area contributed by atoms with Crippen LogP contribution < -0.4 is 0 Å². The molecule has 2 aromatic carbocycles. The fraction of sp³-hybridized carbons (Fsp3) is 0.414. The minimum Gasteiger partial charge on any atom is -0.359 e. The fourth-order valence-electron chi connectivity index (χ4n) is 6.70. The van der Waals surface area contributed by atoms with Crippen LogP contribution in [0.3, 0.4) is 0 Å². The van der Waals surface area contributed by atoms with Gasteiger partial charge in [-0.15, -0.1) is 0 Å². The molecule has 1 heterocycles. The second-order valence-electron chi connectivity index (χ2n) is 9.90. The van der Waals surface area contributed by atoms with E-state index in [1.165, 1.54) is 12.0 Å². The van der Waals surface area contributed by atoms with Gasteiger partial charge in [-0.2, -0.15) is 0 Å². The van der Waals surface area contributed by atoms with E-state index in [1.807, 2.05) is 18.2 Å². The highest BCUT2D eigenvalue weighted by atomic mass is 16.1. The van der Waals surface area contributed by atoms with Gasteiger partial charge in [0.15, 0.2) is 0 Å². The van der Waals surface area contributed by atoms with Crippen LogP contribution in [0, 0.1) is 23.2 Å². The lowest BCUT2D eigenvalue weighted by molar-refractivity contribution is -0.128. The van der Waals surface area contributed by atoms with E-state index in [2.05, 4.69) is 47.4 Å². The summed E-state index contributed by atoms with van der Waals surface area (Å²) in [5, 5.41) is 8.87. The molecule has 0 amide bonds. The van der Waals surface area contributed by atoms with Crippen molar-refractivity contribution in [1.29, 1.82) is 5.41 Å². The SMILES string of the molecule is N=C(Cc1ccccc1C=O)N1C[C@H]2C(=O)CCC(c3ccccc3)(C3C=CCCC3)[C@H]2C1. The third-order valence-electron chi connectivity index (χ3n) is 8.33. The van der Waals surface area contributed by atoms with Crippen molar-refractivity contribution in [3.8, 4) is 0 Å². The molecule has 2 aliphatic carbocycles. The molecule has 0 spiro atoms. The van der Waals surface area contributed by atoms with Crippen molar-refractivity contribution in [2.45, 2.75) is 43.9 Å². The average Bonchev–Trinajstić information content (AvgIpc) is 3.33. The minimum atomic E-state index is -0.0630. The molecule has 4 heteroatoms. The van der Waals surface area contributed by atoms with Crippen molar-refractivity contribution in [3.05, 3.63) is 83.4 Å². The molecule has 5 rings (SSSR count). The molecule has 1 N–H and O–H groups in total. The second-order valence-corrected chi connectivity index (χ2v) is 9.90. The molecule has 0 aromatic heterocycles. The van der Waals surface area contributed by atoms with Gasteiger partial charge < -0.3 is 4.90 Å². The first-order chi connectivity index (χ1) is 16.1. The molecule has 170 valence electrons. The molecule has 2 unspecified atom stereocenters. The van der Waals surface area contributed by atoms with E-state index in [9.17, 15) is 9.59 Å². The molecule has 1 saturated carbocycles. The number of fused-ring (bicyclic) bond motifs is 1. The van der Waals surface area contributed by atoms with Gasteiger partial charge in [-0.05, 0) is 48.6 Å². The van der Waals surface area contributed by atoms with Gasteiger partial charge in [0.2, 0.25) is 0 Å². The Morgan fingerprint density at radius 1 is 1.09 bits per heavy atom. The van der Waals surface area contributed by atoms with Crippen molar-refractivity contribution in [1.82, 2.24) is 4.90 Å². The Balaban J connectivity index is 1.48. The Bertz CT molecular complexity index is 1080. The number of aldehydes is 1. The van der Waals surface area contributed by atoms with Gasteiger partial charge in [-0.1, -0.05) is 66.7 Å². The van der Waals surface area contributed by atoms with Gasteiger partial charge in [0.05, 0.1) is 0 Å². The number of benzene rings is 2. The van der Waals surface area contributed by atoms with E-state index in [0.717, 1.165) is 37.7 Å². The summed E-state index contributed by atoms with van der Waals surface area (Å²) in [5.41, 5.74) is 2.81. The maximum absolute atomic E-state index is 13.1. The summed E-state index contributed by atoms with van der Waals surface area (Å²) in [6.45, 7) is 1.36. The summed E-state index contributed by atoms with van der Waals surface area (Å²) in [4.78, 5) is 26.7. The smallest absolute Gasteiger partial charge is 0.150 e. The summed E-state index contributed by atoms with van der Waals surface area (Å²) < 4.78 is 0. The van der Waals surface area contributed by atoms with E-state index in [4.69, 9.17) is 5.41 Å². The number of Topliss-reactive ketones (excluding diaryl/α,β-unsaturated/α-hetero) is 1. The highest BCUT2D eigenvalue weighted by molar-refractivity contribution is 5.88. The van der Waals surface area contributed by atoms with Crippen LogP contribution in [0.2, 0.25) is 0 Å². The summed E-state index contributed by atoms with van der Waals surface area (Å²) >= 11 is 0. The number of hydrogen-bond donors (Lipinski definition) is 1. The lowest BCUT2D eigenvalue weighted by Crippen LogP contribution is -2.51. The van der Waals surface area contributed by atoms with E-state index in [0.29, 0.717) is 42.5 Å². The molecule has 2 aromatic rings. The highest BCUT2D eigenvalue weighted by Gasteiger charge is 2.56. The minimum absolute atomic E-state index is 0.0315. The van der Waals surface area contributed by atoms with E-state index < -0.39 is 0 Å². The molecule has 2 fully saturated rings. The van der Waals surface area contributed by atoms with Gasteiger partial charge in [-0.3, -0.25) is 15.0 Å². The Kier molecular flexibility index (Phi) is 6.01. The van der Waals surface area contributed by atoms with E-state index in [-0.39, 0.29) is 17.3 Å². The van der Waals surface area contributed by atoms with Crippen LogP contribution in [0.5, 0.6) is 0 Å². The number of carbonyl (C=O) groups is 2. The maximum atomic E-state index is 13.1. The normalized spacial score (nSPS) is 29.0.